The van der Waals surface area contributed by atoms with Crippen LogP contribution in [-0.2, 0) is 10.0 Å². The summed E-state index contributed by atoms with van der Waals surface area (Å²) in [5.74, 6) is 5.78. The average molecular weight is 574 g/mol. The number of alkyl halides is 2. The van der Waals surface area contributed by atoms with E-state index in [0.717, 1.165) is 55.1 Å². The van der Waals surface area contributed by atoms with E-state index in [-0.39, 0.29) is 38.8 Å². The predicted molar refractivity (Wildman–Crippen MR) is 142 cm³/mol. The van der Waals surface area contributed by atoms with Gasteiger partial charge >= 0.3 is 0 Å². The van der Waals surface area contributed by atoms with Crippen LogP contribution < -0.4 is 15.8 Å². The highest BCUT2D eigenvalue weighted by molar-refractivity contribution is 7.89. The van der Waals surface area contributed by atoms with Gasteiger partial charge in [0, 0.05) is 35.0 Å². The summed E-state index contributed by atoms with van der Waals surface area (Å²) in [6.07, 6.45) is 4.46. The number of carbonyl (C=O) groups is 1. The van der Waals surface area contributed by atoms with E-state index in [1.165, 1.54) is 19.4 Å². The molecule has 39 heavy (non-hydrogen) atoms. The maximum absolute atomic E-state index is 13.5. The number of sulfonamides is 1. The van der Waals surface area contributed by atoms with E-state index in [2.05, 4.69) is 41.7 Å². The molecule has 4 rings (SSSR count). The van der Waals surface area contributed by atoms with Crippen LogP contribution in [0, 0.1) is 17.8 Å². The zero-order valence-electron chi connectivity index (χ0n) is 20.6. The maximum atomic E-state index is 13.5. The molecule has 3 heterocycles. The standard InChI is InChI=1S/C24H21F2N7O4S2/c1-37-20-12-29-19(22(25)26)8-16(20)15-7-18(14(9-27)10-30-39(2,35)36)28-11-17(15)23(34)31-24-33-32-21(38-24)6-5-13-3-4-13/h7-13,22H,3-4,27H2,1-2H3,(H,31,33,34). The summed E-state index contributed by atoms with van der Waals surface area (Å²) in [7, 11) is -2.42. The van der Waals surface area contributed by atoms with Crippen molar-refractivity contribution in [1.82, 2.24) is 20.2 Å². The highest BCUT2D eigenvalue weighted by Crippen LogP contribution is 2.36. The second-order valence-corrected chi connectivity index (χ2v) is 10.9. The normalized spacial score (nSPS) is 13.8. The molecule has 3 aromatic rings. The van der Waals surface area contributed by atoms with Gasteiger partial charge in [-0.15, -0.1) is 10.2 Å². The van der Waals surface area contributed by atoms with Gasteiger partial charge in [0.15, 0.2) is 5.01 Å². The first-order chi connectivity index (χ1) is 18.6. The lowest BCUT2D eigenvalue weighted by atomic mass is 9.98. The number of methoxy groups -OCH3 is 1. The number of nitrogens with zero attached hydrogens (tertiary/aromatic N) is 5. The van der Waals surface area contributed by atoms with E-state index in [1.54, 1.807) is 0 Å². The van der Waals surface area contributed by atoms with Gasteiger partial charge in [-0.05, 0) is 30.9 Å². The Labute approximate surface area is 226 Å². The minimum atomic E-state index is -3.74. The Kier molecular flexibility index (Phi) is 8.27. The lowest BCUT2D eigenvalue weighted by molar-refractivity contribution is 0.102. The fourth-order valence-electron chi connectivity index (χ4n) is 3.20. The SMILES string of the molecule is COc1cnc(C(F)F)cc1-c1cc(C(C=NS(C)(=O)=O)=CN)ncc1C(=O)Nc1nnc(C#CC2CC2)s1. The zero-order valence-corrected chi connectivity index (χ0v) is 22.2. The number of aromatic nitrogens is 4. The Bertz CT molecular complexity index is 1640. The number of rotatable bonds is 8. The Morgan fingerprint density at radius 2 is 2.03 bits per heavy atom. The number of allylic oxidation sites excluding steroid dienone is 1. The fraction of sp³-hybridized carbons (Fsp3) is 0.250. The summed E-state index contributed by atoms with van der Waals surface area (Å²) >= 11 is 1.08. The van der Waals surface area contributed by atoms with Gasteiger partial charge in [0.25, 0.3) is 12.3 Å². The third-order valence-corrected chi connectivity index (χ3v) is 6.48. The fourth-order valence-corrected chi connectivity index (χ4v) is 4.10. The monoisotopic (exact) mass is 573 g/mol. The molecule has 1 aliphatic rings. The Balaban J connectivity index is 1.78. The van der Waals surface area contributed by atoms with Gasteiger partial charge in [0.2, 0.25) is 15.2 Å². The van der Waals surface area contributed by atoms with Crippen LogP contribution in [0.5, 0.6) is 5.75 Å². The summed E-state index contributed by atoms with van der Waals surface area (Å²) < 4.78 is 58.8. The highest BCUT2D eigenvalue weighted by atomic mass is 32.2. The largest absolute Gasteiger partial charge is 0.494 e. The van der Waals surface area contributed by atoms with Crippen LogP contribution in [0.3, 0.4) is 0 Å². The molecule has 0 saturated heterocycles. The van der Waals surface area contributed by atoms with Crippen molar-refractivity contribution < 1.29 is 26.7 Å². The van der Waals surface area contributed by atoms with Crippen LogP contribution in [0.4, 0.5) is 13.9 Å². The topological polar surface area (TPSA) is 162 Å². The van der Waals surface area contributed by atoms with Crippen molar-refractivity contribution in [1.29, 1.82) is 0 Å². The van der Waals surface area contributed by atoms with Crippen molar-refractivity contribution in [3.8, 4) is 28.7 Å². The lowest BCUT2D eigenvalue weighted by Gasteiger charge is -2.15. The molecular formula is C24H21F2N7O4S2. The number of ether oxygens (including phenoxy) is 1. The summed E-state index contributed by atoms with van der Waals surface area (Å²) in [6, 6.07) is 2.47. The number of anilines is 1. The van der Waals surface area contributed by atoms with E-state index >= 15 is 0 Å². The molecule has 202 valence electrons. The van der Waals surface area contributed by atoms with E-state index in [0.29, 0.717) is 10.9 Å². The van der Waals surface area contributed by atoms with Gasteiger partial charge in [0.1, 0.15) is 11.4 Å². The first kappa shape index (κ1) is 27.7. The van der Waals surface area contributed by atoms with Crippen molar-refractivity contribution in [3.05, 3.63) is 52.7 Å². The summed E-state index contributed by atoms with van der Waals surface area (Å²) in [5.41, 5.74) is 5.54. The molecule has 3 aromatic heterocycles. The smallest absolute Gasteiger partial charge is 0.280 e. The Morgan fingerprint density at radius 1 is 1.26 bits per heavy atom. The van der Waals surface area contributed by atoms with Crippen LogP contribution >= 0.6 is 11.3 Å². The second-order valence-electron chi connectivity index (χ2n) is 8.22. The van der Waals surface area contributed by atoms with Crippen LogP contribution in [-0.4, -0.2) is 54.1 Å². The molecule has 1 saturated carbocycles. The molecule has 0 unspecified atom stereocenters. The number of carbonyl (C=O) groups excluding carboxylic acids is 1. The summed E-state index contributed by atoms with van der Waals surface area (Å²) in [4.78, 5) is 21.2. The van der Waals surface area contributed by atoms with Crippen molar-refractivity contribution in [2.24, 2.45) is 16.0 Å². The molecule has 1 amide bonds. The van der Waals surface area contributed by atoms with E-state index in [4.69, 9.17) is 10.5 Å². The molecule has 0 radical (unpaired) electrons. The number of hydrogen-bond acceptors (Lipinski definition) is 10. The number of nitrogens with one attached hydrogen (secondary N) is 1. The maximum Gasteiger partial charge on any atom is 0.280 e. The van der Waals surface area contributed by atoms with Crippen molar-refractivity contribution >= 4 is 44.2 Å². The molecule has 0 bridgehead atoms. The first-order valence-electron chi connectivity index (χ1n) is 11.2. The van der Waals surface area contributed by atoms with Gasteiger partial charge in [-0.3, -0.25) is 20.1 Å². The van der Waals surface area contributed by atoms with E-state index < -0.39 is 28.0 Å². The second kappa shape index (κ2) is 11.6. The number of nitrogens with two attached hydrogens (primary N) is 1. The number of amides is 1. The zero-order chi connectivity index (χ0) is 28.2. The predicted octanol–water partition coefficient (Wildman–Crippen LogP) is 3.29. The van der Waals surface area contributed by atoms with Crippen LogP contribution in [0.2, 0.25) is 0 Å². The molecule has 1 fully saturated rings. The van der Waals surface area contributed by atoms with Gasteiger partial charge in [-0.25, -0.2) is 17.2 Å². The number of hydrogen-bond donors (Lipinski definition) is 2. The van der Waals surface area contributed by atoms with Gasteiger partial charge in [-0.1, -0.05) is 17.3 Å². The minimum Gasteiger partial charge on any atom is -0.494 e. The molecule has 11 nitrogen and oxygen atoms in total. The quantitative estimate of drug-likeness (QED) is 0.304. The Hall–Kier alpha value is -4.29. The molecule has 0 atom stereocenters. The summed E-state index contributed by atoms with van der Waals surface area (Å²) in [6.45, 7) is 0. The van der Waals surface area contributed by atoms with Gasteiger partial charge in [0.05, 0.1) is 37.0 Å². The number of pyridine rings is 2. The minimum absolute atomic E-state index is 0.0271. The molecule has 15 heteroatoms. The highest BCUT2D eigenvalue weighted by Gasteiger charge is 2.22. The van der Waals surface area contributed by atoms with Crippen molar-refractivity contribution in [2.75, 3.05) is 18.7 Å². The Morgan fingerprint density at radius 3 is 2.67 bits per heavy atom. The molecule has 0 aromatic carbocycles. The average Bonchev–Trinajstić information content (AvgIpc) is 3.63. The third-order valence-electron chi connectivity index (χ3n) is 5.24. The molecule has 0 spiro atoms. The van der Waals surface area contributed by atoms with Crippen molar-refractivity contribution in [2.45, 2.75) is 19.3 Å². The first-order valence-corrected chi connectivity index (χ1v) is 13.9. The van der Waals surface area contributed by atoms with Crippen LogP contribution in [0.25, 0.3) is 16.7 Å². The molecular weight excluding hydrogens is 552 g/mol. The molecule has 0 aliphatic heterocycles. The number of halogens is 2. The summed E-state index contributed by atoms with van der Waals surface area (Å²) in [5, 5.41) is 11.1. The van der Waals surface area contributed by atoms with Gasteiger partial charge < -0.3 is 10.5 Å². The molecule has 1 aliphatic carbocycles. The lowest BCUT2D eigenvalue weighted by Crippen LogP contribution is -2.14. The molecule has 3 N–H and O–H groups in total. The van der Waals surface area contributed by atoms with E-state index in [1.807, 2.05) is 0 Å². The van der Waals surface area contributed by atoms with Gasteiger partial charge in [-0.2, -0.15) is 4.40 Å². The van der Waals surface area contributed by atoms with E-state index in [9.17, 15) is 22.0 Å². The van der Waals surface area contributed by atoms with Crippen molar-refractivity contribution in [3.63, 3.8) is 0 Å². The third kappa shape index (κ3) is 7.18. The van der Waals surface area contributed by atoms with Crippen LogP contribution in [0.15, 0.2) is 35.1 Å². The van der Waals surface area contributed by atoms with Crippen LogP contribution in [0.1, 0.15) is 46.0 Å².